The van der Waals surface area contributed by atoms with Crippen LogP contribution in [-0.4, -0.2) is 24.4 Å². The summed E-state index contributed by atoms with van der Waals surface area (Å²) in [6, 6.07) is 7.18. The molecule has 1 aromatic rings. The van der Waals surface area contributed by atoms with Crippen LogP contribution in [0, 0.1) is 5.92 Å². The summed E-state index contributed by atoms with van der Waals surface area (Å²) in [5, 5.41) is 5.62. The number of thioether (sulfide) groups is 1. The van der Waals surface area contributed by atoms with E-state index in [2.05, 4.69) is 17.6 Å². The van der Waals surface area contributed by atoms with Gasteiger partial charge in [-0.15, -0.1) is 11.8 Å². The molecule has 5 nitrogen and oxygen atoms in total. The lowest BCUT2D eigenvalue weighted by Crippen LogP contribution is -2.47. The van der Waals surface area contributed by atoms with Crippen molar-refractivity contribution in [2.45, 2.75) is 45.1 Å². The van der Waals surface area contributed by atoms with Crippen LogP contribution in [0.1, 0.15) is 45.7 Å². The molecule has 1 aromatic carbocycles. The molecular formula is C19H26N2O3S. The highest BCUT2D eigenvalue weighted by Gasteiger charge is 2.34. The van der Waals surface area contributed by atoms with Crippen LogP contribution in [0.3, 0.4) is 0 Å². The molecule has 136 valence electrons. The summed E-state index contributed by atoms with van der Waals surface area (Å²) in [4.78, 5) is 25.8. The molecule has 2 amide bonds. The molecule has 0 aliphatic carbocycles. The molecule has 0 radical (unpaired) electrons. The van der Waals surface area contributed by atoms with Gasteiger partial charge in [-0.1, -0.05) is 32.9 Å². The summed E-state index contributed by atoms with van der Waals surface area (Å²) in [6.07, 6.45) is 1.12. The summed E-state index contributed by atoms with van der Waals surface area (Å²) in [6.45, 7) is 8.11. The van der Waals surface area contributed by atoms with Crippen LogP contribution in [0.15, 0.2) is 40.4 Å². The number of benzene rings is 1. The van der Waals surface area contributed by atoms with E-state index in [1.807, 2.05) is 38.1 Å². The van der Waals surface area contributed by atoms with Crippen molar-refractivity contribution in [2.75, 3.05) is 12.4 Å². The third kappa shape index (κ3) is 4.78. The van der Waals surface area contributed by atoms with E-state index >= 15 is 0 Å². The van der Waals surface area contributed by atoms with Crippen molar-refractivity contribution in [1.29, 1.82) is 0 Å². The summed E-state index contributed by atoms with van der Waals surface area (Å²) < 4.78 is 5.23. The smallest absolute Gasteiger partial charge is 0.338 e. The fourth-order valence-corrected chi connectivity index (χ4v) is 3.47. The van der Waals surface area contributed by atoms with Gasteiger partial charge < -0.3 is 15.4 Å². The Labute approximate surface area is 153 Å². The maximum atomic E-state index is 12.5. The zero-order chi connectivity index (χ0) is 18.4. The molecule has 0 saturated heterocycles. The second kappa shape index (κ2) is 8.94. The number of urea groups is 1. The van der Waals surface area contributed by atoms with Crippen LogP contribution in [0.4, 0.5) is 4.79 Å². The first-order valence-electron chi connectivity index (χ1n) is 8.69. The van der Waals surface area contributed by atoms with Crippen LogP contribution < -0.4 is 10.6 Å². The van der Waals surface area contributed by atoms with Gasteiger partial charge in [-0.25, -0.2) is 9.59 Å². The average Bonchev–Trinajstić information content (AvgIpc) is 2.59. The van der Waals surface area contributed by atoms with Crippen molar-refractivity contribution in [2.24, 2.45) is 5.92 Å². The van der Waals surface area contributed by atoms with Crippen LogP contribution in [0.2, 0.25) is 0 Å². The minimum atomic E-state index is -0.504. The molecule has 1 aliphatic rings. The third-order valence-corrected chi connectivity index (χ3v) is 5.08. The van der Waals surface area contributed by atoms with Crippen molar-refractivity contribution < 1.29 is 14.3 Å². The van der Waals surface area contributed by atoms with Gasteiger partial charge in [0.2, 0.25) is 0 Å². The quantitative estimate of drug-likeness (QED) is 0.568. The summed E-state index contributed by atoms with van der Waals surface area (Å²) in [5.41, 5.74) is 1.97. The molecule has 1 aliphatic heterocycles. The number of allylic oxidation sites excluding steroid dienone is 1. The molecule has 0 bridgehead atoms. The highest BCUT2D eigenvalue weighted by Crippen LogP contribution is 2.31. The summed E-state index contributed by atoms with van der Waals surface area (Å²) >= 11 is 1.79. The molecule has 0 spiro atoms. The fraction of sp³-hybridized carbons (Fsp3) is 0.474. The monoisotopic (exact) mass is 362 g/mol. The lowest BCUT2D eigenvalue weighted by atomic mass is 9.91. The molecule has 2 N–H and O–H groups in total. The van der Waals surface area contributed by atoms with Crippen LogP contribution >= 0.6 is 11.8 Å². The first kappa shape index (κ1) is 19.4. The van der Waals surface area contributed by atoms with Crippen LogP contribution in [0.5, 0.6) is 0 Å². The van der Waals surface area contributed by atoms with E-state index < -0.39 is 12.0 Å². The van der Waals surface area contributed by atoms with Crippen molar-refractivity contribution in [1.82, 2.24) is 10.6 Å². The summed E-state index contributed by atoms with van der Waals surface area (Å²) in [5.74, 6) is 0.676. The van der Waals surface area contributed by atoms with E-state index in [9.17, 15) is 9.59 Å². The topological polar surface area (TPSA) is 67.4 Å². The van der Waals surface area contributed by atoms with E-state index in [-0.39, 0.29) is 11.9 Å². The molecule has 2 rings (SSSR count). The first-order chi connectivity index (χ1) is 12.0. The Bertz CT molecular complexity index is 653. The van der Waals surface area contributed by atoms with Gasteiger partial charge in [0, 0.05) is 10.6 Å². The summed E-state index contributed by atoms with van der Waals surface area (Å²) in [7, 11) is 0. The molecule has 1 unspecified atom stereocenters. The number of hydrogen-bond acceptors (Lipinski definition) is 4. The number of carbonyl (C=O) groups is 2. The van der Waals surface area contributed by atoms with E-state index in [0.29, 0.717) is 17.9 Å². The predicted octanol–water partition coefficient (Wildman–Crippen LogP) is 4.02. The Hall–Kier alpha value is -1.95. The Kier molecular flexibility index (Phi) is 6.93. The van der Waals surface area contributed by atoms with Gasteiger partial charge in [0.05, 0.1) is 18.2 Å². The van der Waals surface area contributed by atoms with Gasteiger partial charge in [-0.3, -0.25) is 0 Å². The highest BCUT2D eigenvalue weighted by atomic mass is 32.2. The van der Waals surface area contributed by atoms with Crippen molar-refractivity contribution >= 4 is 23.8 Å². The number of amides is 2. The standard InChI is InChI=1S/C19H26N2O3S/c1-5-11-25-14-9-7-13(8-10-14)17-15(18(22)24-6-2)16(12(3)4)20-19(23)21-17/h7-10,12,17H,5-6,11H2,1-4H3,(H2,20,21,23). The Morgan fingerprint density at radius 1 is 1.24 bits per heavy atom. The van der Waals surface area contributed by atoms with Gasteiger partial charge in [-0.2, -0.15) is 0 Å². The largest absolute Gasteiger partial charge is 0.463 e. The van der Waals surface area contributed by atoms with Crippen LogP contribution in [0.25, 0.3) is 0 Å². The minimum absolute atomic E-state index is 0.00680. The van der Waals surface area contributed by atoms with Gasteiger partial charge in [0.15, 0.2) is 0 Å². The molecule has 0 saturated carbocycles. The number of esters is 1. The number of ether oxygens (including phenoxy) is 1. The second-order valence-corrected chi connectivity index (χ2v) is 7.32. The lowest BCUT2D eigenvalue weighted by Gasteiger charge is -2.31. The van der Waals surface area contributed by atoms with E-state index in [0.717, 1.165) is 17.7 Å². The van der Waals surface area contributed by atoms with Gasteiger partial charge in [-0.05, 0) is 42.7 Å². The number of carbonyl (C=O) groups excluding carboxylic acids is 2. The third-order valence-electron chi connectivity index (χ3n) is 3.86. The van der Waals surface area contributed by atoms with Gasteiger partial charge >= 0.3 is 12.0 Å². The number of hydrogen-bond donors (Lipinski definition) is 2. The van der Waals surface area contributed by atoms with E-state index in [1.54, 1.807) is 18.7 Å². The molecule has 6 heteroatoms. The minimum Gasteiger partial charge on any atom is -0.463 e. The predicted molar refractivity (Wildman–Crippen MR) is 100 cm³/mol. The molecule has 0 fully saturated rings. The Morgan fingerprint density at radius 3 is 2.48 bits per heavy atom. The average molecular weight is 362 g/mol. The van der Waals surface area contributed by atoms with E-state index in [4.69, 9.17) is 4.74 Å². The van der Waals surface area contributed by atoms with E-state index in [1.165, 1.54) is 4.90 Å². The van der Waals surface area contributed by atoms with Gasteiger partial charge in [0.25, 0.3) is 0 Å². The van der Waals surface area contributed by atoms with Gasteiger partial charge in [0.1, 0.15) is 0 Å². The molecule has 0 aromatic heterocycles. The first-order valence-corrected chi connectivity index (χ1v) is 9.67. The second-order valence-electron chi connectivity index (χ2n) is 6.15. The maximum Gasteiger partial charge on any atom is 0.338 e. The van der Waals surface area contributed by atoms with Crippen molar-refractivity contribution in [3.8, 4) is 0 Å². The zero-order valence-electron chi connectivity index (χ0n) is 15.2. The number of rotatable bonds is 7. The molecule has 1 atom stereocenters. The zero-order valence-corrected chi connectivity index (χ0v) is 16.0. The highest BCUT2D eigenvalue weighted by molar-refractivity contribution is 7.99. The maximum absolute atomic E-state index is 12.5. The Morgan fingerprint density at radius 2 is 1.92 bits per heavy atom. The van der Waals surface area contributed by atoms with Crippen LogP contribution in [-0.2, 0) is 9.53 Å². The Balaban J connectivity index is 2.39. The normalized spacial score (nSPS) is 17.3. The SMILES string of the molecule is CCCSc1ccc(C2NC(=O)NC(C(C)C)=C2C(=O)OCC)cc1. The fourth-order valence-electron chi connectivity index (χ4n) is 2.70. The molecular weight excluding hydrogens is 336 g/mol. The molecule has 25 heavy (non-hydrogen) atoms. The lowest BCUT2D eigenvalue weighted by molar-refractivity contribution is -0.139. The molecule has 1 heterocycles. The number of nitrogens with one attached hydrogen (secondary N) is 2. The van der Waals surface area contributed by atoms with Crippen molar-refractivity contribution in [3.05, 3.63) is 41.1 Å². The van der Waals surface area contributed by atoms with Crippen molar-refractivity contribution in [3.63, 3.8) is 0 Å².